The van der Waals surface area contributed by atoms with Crippen LogP contribution in [0.5, 0.6) is 0 Å². The van der Waals surface area contributed by atoms with Crippen LogP contribution in [0.15, 0.2) is 24.3 Å². The second kappa shape index (κ2) is 9.73. The van der Waals surface area contributed by atoms with Crippen molar-refractivity contribution in [2.75, 3.05) is 18.4 Å². The van der Waals surface area contributed by atoms with Crippen LogP contribution >= 0.6 is 0 Å². The van der Waals surface area contributed by atoms with Crippen molar-refractivity contribution < 1.29 is 28.7 Å². The molecule has 1 N–H and O–H groups in total. The van der Waals surface area contributed by atoms with Gasteiger partial charge in [-0.25, -0.2) is 4.79 Å². The molecule has 0 aromatic heterocycles. The molecule has 1 unspecified atom stereocenters. The zero-order valence-electron chi connectivity index (χ0n) is 18.2. The number of benzene rings is 1. The number of carbonyl (C=O) groups is 4. The monoisotopic (exact) mass is 418 g/mol. The molecule has 1 fully saturated rings. The Morgan fingerprint density at radius 2 is 1.77 bits per heavy atom. The lowest BCUT2D eigenvalue weighted by molar-refractivity contribution is -0.158. The number of hydrogen-bond acceptors (Lipinski definition) is 6. The summed E-state index contributed by atoms with van der Waals surface area (Å²) in [5, 5.41) is 2.65. The van der Waals surface area contributed by atoms with E-state index in [0.29, 0.717) is 37.2 Å². The molecular weight excluding hydrogens is 388 g/mol. The fourth-order valence-corrected chi connectivity index (χ4v) is 3.01. The molecular formula is C22H30N2O6. The van der Waals surface area contributed by atoms with E-state index in [-0.39, 0.29) is 11.7 Å². The Bertz CT molecular complexity index is 806. The summed E-state index contributed by atoms with van der Waals surface area (Å²) in [7, 11) is 0. The van der Waals surface area contributed by atoms with Crippen molar-refractivity contribution in [1.29, 1.82) is 0 Å². The second-order valence-electron chi connectivity index (χ2n) is 8.45. The van der Waals surface area contributed by atoms with Gasteiger partial charge in [0.2, 0.25) is 0 Å². The number of nitrogens with one attached hydrogen (secondary N) is 1. The van der Waals surface area contributed by atoms with E-state index in [4.69, 9.17) is 9.47 Å². The highest BCUT2D eigenvalue weighted by molar-refractivity contribution is 5.98. The molecule has 1 aromatic carbocycles. The first-order valence-corrected chi connectivity index (χ1v) is 10.1. The minimum absolute atomic E-state index is 0.108. The number of amides is 2. The van der Waals surface area contributed by atoms with Gasteiger partial charge >= 0.3 is 12.1 Å². The van der Waals surface area contributed by atoms with Crippen molar-refractivity contribution in [3.05, 3.63) is 29.8 Å². The number of Topliss-reactive ketones (excluding diaryl/α,β-unsaturated/α-hetero) is 1. The first-order chi connectivity index (χ1) is 14.0. The molecule has 0 spiro atoms. The number of piperidine rings is 1. The molecule has 0 bridgehead atoms. The Morgan fingerprint density at radius 1 is 1.13 bits per heavy atom. The normalized spacial score (nSPS) is 15.8. The summed E-state index contributed by atoms with van der Waals surface area (Å²) >= 11 is 0. The fourth-order valence-electron chi connectivity index (χ4n) is 3.01. The largest absolute Gasteiger partial charge is 0.452 e. The molecule has 2 amide bonds. The molecule has 8 heteroatoms. The van der Waals surface area contributed by atoms with E-state index in [1.165, 1.54) is 13.8 Å². The summed E-state index contributed by atoms with van der Waals surface area (Å²) in [6.45, 7) is 9.14. The maximum Gasteiger partial charge on any atom is 0.410 e. The van der Waals surface area contributed by atoms with Gasteiger partial charge in [-0.15, -0.1) is 0 Å². The van der Waals surface area contributed by atoms with Crippen molar-refractivity contribution in [3.8, 4) is 0 Å². The zero-order valence-corrected chi connectivity index (χ0v) is 18.2. The average molecular weight is 418 g/mol. The Labute approximate surface area is 176 Å². The molecule has 1 aliphatic heterocycles. The lowest BCUT2D eigenvalue weighted by Crippen LogP contribution is -2.43. The van der Waals surface area contributed by atoms with Crippen molar-refractivity contribution in [2.45, 2.75) is 59.2 Å². The maximum absolute atomic E-state index is 12.4. The van der Waals surface area contributed by atoms with Gasteiger partial charge in [0.05, 0.1) is 5.92 Å². The highest BCUT2D eigenvalue weighted by atomic mass is 16.6. The van der Waals surface area contributed by atoms with Crippen molar-refractivity contribution in [2.24, 2.45) is 5.92 Å². The molecule has 1 aromatic rings. The predicted octanol–water partition coefficient (Wildman–Crippen LogP) is 3.41. The molecule has 1 saturated heterocycles. The van der Waals surface area contributed by atoms with Gasteiger partial charge in [-0.1, -0.05) is 12.1 Å². The number of esters is 1. The average Bonchev–Trinajstić information content (AvgIpc) is 2.66. The molecule has 1 atom stereocenters. The minimum atomic E-state index is -0.984. The molecule has 164 valence electrons. The van der Waals surface area contributed by atoms with Gasteiger partial charge in [-0.05, 0) is 59.6 Å². The molecule has 30 heavy (non-hydrogen) atoms. The first-order valence-electron chi connectivity index (χ1n) is 10.1. The Balaban J connectivity index is 1.83. The molecule has 2 rings (SSSR count). The number of ether oxygens (including phenoxy) is 2. The summed E-state index contributed by atoms with van der Waals surface area (Å²) in [5.74, 6) is -1.42. The number of rotatable bonds is 5. The van der Waals surface area contributed by atoms with Crippen LogP contribution in [0.2, 0.25) is 0 Å². The number of hydrogen-bond donors (Lipinski definition) is 1. The van der Waals surface area contributed by atoms with E-state index in [1.807, 2.05) is 0 Å². The first kappa shape index (κ1) is 23.4. The molecule has 0 aliphatic carbocycles. The van der Waals surface area contributed by atoms with Crippen molar-refractivity contribution in [1.82, 2.24) is 4.90 Å². The number of likely N-dealkylation sites (tertiary alicyclic amines) is 1. The predicted molar refractivity (Wildman–Crippen MR) is 111 cm³/mol. The number of nitrogens with zero attached hydrogens (tertiary/aromatic N) is 1. The van der Waals surface area contributed by atoms with Crippen LogP contribution in [-0.4, -0.2) is 53.4 Å². The molecule has 8 nitrogen and oxygen atoms in total. The van der Waals surface area contributed by atoms with Crippen LogP contribution in [0.3, 0.4) is 0 Å². The Morgan fingerprint density at radius 3 is 2.33 bits per heavy atom. The van der Waals surface area contributed by atoms with Crippen molar-refractivity contribution in [3.63, 3.8) is 0 Å². The summed E-state index contributed by atoms with van der Waals surface area (Å²) in [6, 6.07) is 6.55. The highest BCUT2D eigenvalue weighted by Crippen LogP contribution is 2.21. The smallest absolute Gasteiger partial charge is 0.410 e. The van der Waals surface area contributed by atoms with E-state index in [2.05, 4.69) is 5.32 Å². The summed E-state index contributed by atoms with van der Waals surface area (Å²) < 4.78 is 10.7. The Hall–Kier alpha value is -2.90. The van der Waals surface area contributed by atoms with E-state index < -0.39 is 29.7 Å². The second-order valence-corrected chi connectivity index (χ2v) is 8.45. The van der Waals surface area contributed by atoms with Crippen LogP contribution in [0, 0.1) is 5.92 Å². The van der Waals surface area contributed by atoms with Crippen molar-refractivity contribution >= 4 is 29.4 Å². The summed E-state index contributed by atoms with van der Waals surface area (Å²) in [4.78, 5) is 49.9. The van der Waals surface area contributed by atoms with Gasteiger partial charge < -0.3 is 19.7 Å². The topological polar surface area (TPSA) is 102 Å². The number of carbonyl (C=O) groups excluding carboxylic acids is 4. The lowest BCUT2D eigenvalue weighted by Gasteiger charge is -2.32. The molecule has 0 saturated carbocycles. The van der Waals surface area contributed by atoms with Crippen LogP contribution < -0.4 is 5.32 Å². The molecule has 1 heterocycles. The zero-order chi connectivity index (χ0) is 22.5. The fraction of sp³-hybridized carbons (Fsp3) is 0.545. The third-order valence-electron chi connectivity index (χ3n) is 4.68. The SMILES string of the molecule is CC(=O)c1cccc(NC(=O)C(C)OC(=O)C2CCN(C(=O)OC(C)(C)C)CC2)c1. The van der Waals surface area contributed by atoms with Crippen LogP contribution in [-0.2, 0) is 19.1 Å². The van der Waals surface area contributed by atoms with Gasteiger partial charge in [-0.2, -0.15) is 0 Å². The maximum atomic E-state index is 12.4. The summed E-state index contributed by atoms with van der Waals surface area (Å²) in [5.41, 5.74) is 0.370. The molecule has 0 radical (unpaired) electrons. The highest BCUT2D eigenvalue weighted by Gasteiger charge is 2.32. The van der Waals surface area contributed by atoms with Gasteiger partial charge in [0.15, 0.2) is 11.9 Å². The summed E-state index contributed by atoms with van der Waals surface area (Å²) in [6.07, 6.45) is -0.475. The van der Waals surface area contributed by atoms with Gasteiger partial charge in [0.25, 0.3) is 5.91 Å². The van der Waals surface area contributed by atoms with E-state index in [1.54, 1.807) is 49.9 Å². The lowest BCUT2D eigenvalue weighted by atomic mass is 9.97. The van der Waals surface area contributed by atoms with E-state index >= 15 is 0 Å². The van der Waals surface area contributed by atoms with Crippen LogP contribution in [0.1, 0.15) is 57.8 Å². The van der Waals surface area contributed by atoms with E-state index in [0.717, 1.165) is 0 Å². The van der Waals surface area contributed by atoms with Crippen LogP contribution in [0.4, 0.5) is 10.5 Å². The number of anilines is 1. The van der Waals surface area contributed by atoms with Crippen LogP contribution in [0.25, 0.3) is 0 Å². The minimum Gasteiger partial charge on any atom is -0.452 e. The standard InChI is InChI=1S/C22H30N2O6/c1-14(25)17-7-6-8-18(13-17)23-19(26)15(2)29-20(27)16-9-11-24(12-10-16)21(28)30-22(3,4)5/h6-8,13,15-16H,9-12H2,1-5H3,(H,23,26). The quantitative estimate of drug-likeness (QED) is 0.581. The molecule has 1 aliphatic rings. The van der Waals surface area contributed by atoms with Gasteiger partial charge in [0, 0.05) is 24.3 Å². The third-order valence-corrected chi connectivity index (χ3v) is 4.68. The number of ketones is 1. The third kappa shape index (κ3) is 6.86. The Kier molecular flexibility index (Phi) is 7.59. The van der Waals surface area contributed by atoms with Gasteiger partial charge in [-0.3, -0.25) is 14.4 Å². The van der Waals surface area contributed by atoms with E-state index in [9.17, 15) is 19.2 Å². The van der Waals surface area contributed by atoms with Gasteiger partial charge in [0.1, 0.15) is 5.60 Å².